The summed E-state index contributed by atoms with van der Waals surface area (Å²) < 4.78 is 10.7. The van der Waals surface area contributed by atoms with E-state index in [1.165, 1.54) is 0 Å². The Morgan fingerprint density at radius 3 is 2.70 bits per heavy atom. The number of esters is 1. The van der Waals surface area contributed by atoms with Crippen molar-refractivity contribution < 1.29 is 14.3 Å². The van der Waals surface area contributed by atoms with Crippen LogP contribution in [0.1, 0.15) is 44.0 Å². The maximum absolute atomic E-state index is 11.6. The fourth-order valence-corrected chi connectivity index (χ4v) is 2.51. The number of anilines is 1. The summed E-state index contributed by atoms with van der Waals surface area (Å²) in [5, 5.41) is 3.50. The Hall–Kier alpha value is -1.55. The van der Waals surface area contributed by atoms with Gasteiger partial charge in [0, 0.05) is 18.3 Å². The van der Waals surface area contributed by atoms with Gasteiger partial charge >= 0.3 is 5.97 Å². The number of nitrogens with one attached hydrogen (secondary N) is 1. The molecule has 1 atom stereocenters. The van der Waals surface area contributed by atoms with Gasteiger partial charge in [-0.25, -0.2) is 4.79 Å². The average Bonchev–Trinajstić information content (AvgIpc) is 2.38. The van der Waals surface area contributed by atoms with Crippen molar-refractivity contribution >= 4 is 11.7 Å². The average molecular weight is 277 g/mol. The molecule has 1 aromatic rings. The van der Waals surface area contributed by atoms with Crippen molar-refractivity contribution in [3.63, 3.8) is 0 Å². The Kier molecular flexibility index (Phi) is 4.65. The quantitative estimate of drug-likeness (QED) is 0.858. The molecule has 2 rings (SSSR count). The summed E-state index contributed by atoms with van der Waals surface area (Å²) in [6.07, 6.45) is 1.98. The molecule has 0 spiro atoms. The van der Waals surface area contributed by atoms with Crippen LogP contribution in [0, 0.1) is 0 Å². The van der Waals surface area contributed by atoms with Crippen LogP contribution < -0.4 is 5.32 Å². The van der Waals surface area contributed by atoms with E-state index in [0.29, 0.717) is 18.2 Å². The minimum Gasteiger partial charge on any atom is -0.462 e. The van der Waals surface area contributed by atoms with E-state index >= 15 is 0 Å². The molecule has 4 nitrogen and oxygen atoms in total. The molecule has 1 N–H and O–H groups in total. The smallest absolute Gasteiger partial charge is 0.338 e. The highest BCUT2D eigenvalue weighted by molar-refractivity contribution is 5.89. The molecule has 1 aromatic carbocycles. The summed E-state index contributed by atoms with van der Waals surface area (Å²) in [6.45, 7) is 7.22. The van der Waals surface area contributed by atoms with Gasteiger partial charge in [0.2, 0.25) is 0 Å². The molecule has 1 heterocycles. The third-order valence-electron chi connectivity index (χ3n) is 3.46. The maximum atomic E-state index is 11.6. The van der Waals surface area contributed by atoms with E-state index in [9.17, 15) is 4.79 Å². The molecular formula is C16H23NO3. The third kappa shape index (κ3) is 3.97. The zero-order valence-electron chi connectivity index (χ0n) is 12.4. The highest BCUT2D eigenvalue weighted by Crippen LogP contribution is 2.26. The molecule has 1 aliphatic rings. The number of ether oxygens (including phenoxy) is 2. The fourth-order valence-electron chi connectivity index (χ4n) is 2.51. The van der Waals surface area contributed by atoms with Crippen LogP contribution in [0.4, 0.5) is 5.69 Å². The molecule has 0 amide bonds. The van der Waals surface area contributed by atoms with Crippen LogP contribution in [0.15, 0.2) is 24.3 Å². The van der Waals surface area contributed by atoms with Crippen LogP contribution in [0.25, 0.3) is 0 Å². The van der Waals surface area contributed by atoms with Crippen LogP contribution in [0.5, 0.6) is 0 Å². The van der Waals surface area contributed by atoms with Crippen LogP contribution in [0.2, 0.25) is 0 Å². The minimum atomic E-state index is -0.272. The van der Waals surface area contributed by atoms with E-state index in [0.717, 1.165) is 25.1 Å². The molecule has 1 fully saturated rings. The first-order chi connectivity index (χ1) is 9.50. The first-order valence-electron chi connectivity index (χ1n) is 7.18. The lowest BCUT2D eigenvalue weighted by atomic mass is 9.94. The topological polar surface area (TPSA) is 47.6 Å². The Labute approximate surface area is 120 Å². The van der Waals surface area contributed by atoms with Crippen molar-refractivity contribution in [1.29, 1.82) is 0 Å². The van der Waals surface area contributed by atoms with E-state index in [1.807, 2.05) is 12.1 Å². The van der Waals surface area contributed by atoms with Crippen molar-refractivity contribution in [2.24, 2.45) is 0 Å². The van der Waals surface area contributed by atoms with Crippen molar-refractivity contribution in [2.75, 3.05) is 18.5 Å². The van der Waals surface area contributed by atoms with Gasteiger partial charge in [-0.3, -0.25) is 0 Å². The number of hydrogen-bond acceptors (Lipinski definition) is 4. The second kappa shape index (κ2) is 6.27. The first kappa shape index (κ1) is 14.9. The molecular weight excluding hydrogens is 254 g/mol. The van der Waals surface area contributed by atoms with Gasteiger partial charge in [-0.1, -0.05) is 0 Å². The summed E-state index contributed by atoms with van der Waals surface area (Å²) in [7, 11) is 0. The zero-order valence-corrected chi connectivity index (χ0v) is 12.4. The van der Waals surface area contributed by atoms with Crippen LogP contribution in [-0.2, 0) is 9.47 Å². The van der Waals surface area contributed by atoms with Crippen LogP contribution in [0.3, 0.4) is 0 Å². The van der Waals surface area contributed by atoms with Gasteiger partial charge in [0.1, 0.15) is 0 Å². The summed E-state index contributed by atoms with van der Waals surface area (Å²) in [5.41, 5.74) is 1.55. The van der Waals surface area contributed by atoms with Gasteiger partial charge in [0.15, 0.2) is 0 Å². The Morgan fingerprint density at radius 1 is 1.40 bits per heavy atom. The Bertz CT molecular complexity index is 453. The van der Waals surface area contributed by atoms with E-state index in [1.54, 1.807) is 19.1 Å². The van der Waals surface area contributed by atoms with E-state index < -0.39 is 0 Å². The van der Waals surface area contributed by atoms with Gasteiger partial charge in [-0.05, 0) is 57.9 Å². The van der Waals surface area contributed by atoms with Gasteiger partial charge in [0.05, 0.1) is 17.8 Å². The lowest BCUT2D eigenvalue weighted by molar-refractivity contribution is -0.0553. The standard InChI is InChI=1S/C16H23NO3/c1-4-19-15(18)12-5-7-13(8-6-12)17-14-9-10-20-16(2,3)11-14/h5-8,14,17H,4,9-11H2,1-3H3. The molecule has 0 bridgehead atoms. The summed E-state index contributed by atoms with van der Waals surface area (Å²) in [4.78, 5) is 11.6. The van der Waals surface area contributed by atoms with Gasteiger partial charge in [-0.15, -0.1) is 0 Å². The summed E-state index contributed by atoms with van der Waals surface area (Å²) in [5.74, 6) is -0.272. The molecule has 0 aromatic heterocycles. The molecule has 0 aliphatic carbocycles. The van der Waals surface area contributed by atoms with Crippen molar-refractivity contribution in [3.05, 3.63) is 29.8 Å². The minimum absolute atomic E-state index is 0.0687. The monoisotopic (exact) mass is 277 g/mol. The van der Waals surface area contributed by atoms with Gasteiger partial charge in [-0.2, -0.15) is 0 Å². The van der Waals surface area contributed by atoms with Crippen molar-refractivity contribution in [2.45, 2.75) is 45.3 Å². The fraction of sp³-hybridized carbons (Fsp3) is 0.562. The lowest BCUT2D eigenvalue weighted by Crippen LogP contribution is -2.40. The summed E-state index contributed by atoms with van der Waals surface area (Å²) in [6, 6.07) is 7.85. The maximum Gasteiger partial charge on any atom is 0.338 e. The lowest BCUT2D eigenvalue weighted by Gasteiger charge is -2.36. The SMILES string of the molecule is CCOC(=O)c1ccc(NC2CCOC(C)(C)C2)cc1. The number of carbonyl (C=O) groups excluding carboxylic acids is 1. The van der Waals surface area contributed by atoms with E-state index in [-0.39, 0.29) is 11.6 Å². The zero-order chi connectivity index (χ0) is 14.6. The van der Waals surface area contributed by atoms with Crippen LogP contribution >= 0.6 is 0 Å². The highest BCUT2D eigenvalue weighted by atomic mass is 16.5. The summed E-state index contributed by atoms with van der Waals surface area (Å²) >= 11 is 0. The van der Waals surface area contributed by atoms with Gasteiger partial charge in [0.25, 0.3) is 0 Å². The molecule has 1 saturated heterocycles. The largest absolute Gasteiger partial charge is 0.462 e. The van der Waals surface area contributed by atoms with Gasteiger partial charge < -0.3 is 14.8 Å². The third-order valence-corrected chi connectivity index (χ3v) is 3.46. The Balaban J connectivity index is 1.95. The molecule has 1 aliphatic heterocycles. The molecule has 1 unspecified atom stereocenters. The van der Waals surface area contributed by atoms with Crippen LogP contribution in [-0.4, -0.2) is 30.8 Å². The molecule has 0 radical (unpaired) electrons. The highest BCUT2D eigenvalue weighted by Gasteiger charge is 2.28. The Morgan fingerprint density at radius 2 is 2.10 bits per heavy atom. The molecule has 110 valence electrons. The first-order valence-corrected chi connectivity index (χ1v) is 7.18. The molecule has 0 saturated carbocycles. The number of rotatable bonds is 4. The number of carbonyl (C=O) groups is 1. The number of benzene rings is 1. The molecule has 4 heteroatoms. The predicted octanol–water partition coefficient (Wildman–Crippen LogP) is 3.23. The molecule has 20 heavy (non-hydrogen) atoms. The predicted molar refractivity (Wildman–Crippen MR) is 79.1 cm³/mol. The normalized spacial score (nSPS) is 21.2. The van der Waals surface area contributed by atoms with Crippen molar-refractivity contribution in [3.8, 4) is 0 Å². The van der Waals surface area contributed by atoms with E-state index in [2.05, 4.69) is 19.2 Å². The van der Waals surface area contributed by atoms with Crippen molar-refractivity contribution in [1.82, 2.24) is 0 Å². The second-order valence-corrected chi connectivity index (χ2v) is 5.74. The number of hydrogen-bond donors (Lipinski definition) is 1. The second-order valence-electron chi connectivity index (χ2n) is 5.74. The van der Waals surface area contributed by atoms with E-state index in [4.69, 9.17) is 9.47 Å².